The second-order valence-corrected chi connectivity index (χ2v) is 2.53. The Bertz CT molecular complexity index is 166. The minimum atomic E-state index is -4.25. The third kappa shape index (κ3) is 2.40. The fourth-order valence-electron chi connectivity index (χ4n) is 1.09. The van der Waals surface area contributed by atoms with Crippen LogP contribution in [0.1, 0.15) is 12.8 Å². The molecule has 11 heavy (non-hydrogen) atoms. The zero-order valence-electron chi connectivity index (χ0n) is 5.82. The first-order chi connectivity index (χ1) is 4.99. The largest absolute Gasteiger partial charge is 0.406 e. The first-order valence-electron chi connectivity index (χ1n) is 3.33. The van der Waals surface area contributed by atoms with Crippen LogP contribution in [0, 0.1) is 0 Å². The van der Waals surface area contributed by atoms with Crippen LogP contribution in [0.3, 0.4) is 0 Å². The minimum absolute atomic E-state index is 0.248. The van der Waals surface area contributed by atoms with E-state index in [9.17, 15) is 18.0 Å². The van der Waals surface area contributed by atoms with E-state index in [1.54, 1.807) is 0 Å². The Morgan fingerprint density at radius 3 is 2.45 bits per heavy atom. The number of rotatable bonds is 1. The van der Waals surface area contributed by atoms with Crippen LogP contribution >= 0.6 is 0 Å². The summed E-state index contributed by atoms with van der Waals surface area (Å²) >= 11 is 0. The number of hydrogen-bond acceptors (Lipinski definition) is 1. The van der Waals surface area contributed by atoms with Gasteiger partial charge in [-0.1, -0.05) is 0 Å². The number of nitrogens with zero attached hydrogens (tertiary/aromatic N) is 1. The highest BCUT2D eigenvalue weighted by atomic mass is 19.4. The van der Waals surface area contributed by atoms with E-state index in [0.29, 0.717) is 6.42 Å². The van der Waals surface area contributed by atoms with Gasteiger partial charge in [0.2, 0.25) is 5.91 Å². The van der Waals surface area contributed by atoms with Gasteiger partial charge in [0, 0.05) is 13.0 Å². The fraction of sp³-hybridized carbons (Fsp3) is 0.833. The first kappa shape index (κ1) is 8.36. The molecule has 0 aromatic heterocycles. The van der Waals surface area contributed by atoms with E-state index in [-0.39, 0.29) is 18.9 Å². The number of carbonyl (C=O) groups excluding carboxylic acids is 1. The molecule has 1 aliphatic heterocycles. The van der Waals surface area contributed by atoms with Crippen molar-refractivity contribution in [2.75, 3.05) is 13.1 Å². The van der Waals surface area contributed by atoms with Crippen molar-refractivity contribution < 1.29 is 18.0 Å². The lowest BCUT2D eigenvalue weighted by atomic mass is 10.4. The van der Waals surface area contributed by atoms with Crippen LogP contribution in [0.4, 0.5) is 13.2 Å². The van der Waals surface area contributed by atoms with E-state index in [1.165, 1.54) is 0 Å². The van der Waals surface area contributed by atoms with Crippen LogP contribution in [0.15, 0.2) is 0 Å². The molecule has 1 fully saturated rings. The average Bonchev–Trinajstić information content (AvgIpc) is 2.12. The molecule has 1 heterocycles. The van der Waals surface area contributed by atoms with Gasteiger partial charge in [-0.25, -0.2) is 0 Å². The molecule has 0 aromatic rings. The lowest BCUT2D eigenvalue weighted by Crippen LogP contribution is -2.34. The van der Waals surface area contributed by atoms with Crippen LogP contribution < -0.4 is 0 Å². The third-order valence-corrected chi connectivity index (χ3v) is 1.54. The molecule has 0 bridgehead atoms. The van der Waals surface area contributed by atoms with E-state index >= 15 is 0 Å². The molecule has 0 atom stereocenters. The zero-order chi connectivity index (χ0) is 8.48. The van der Waals surface area contributed by atoms with Gasteiger partial charge in [0.15, 0.2) is 0 Å². The minimum Gasteiger partial charge on any atom is -0.334 e. The number of hydrogen-bond donors (Lipinski definition) is 0. The summed E-state index contributed by atoms with van der Waals surface area (Å²) in [4.78, 5) is 11.5. The maximum atomic E-state index is 11.7. The van der Waals surface area contributed by atoms with Gasteiger partial charge in [0.05, 0.1) is 0 Å². The molecule has 5 heteroatoms. The Balaban J connectivity index is 2.43. The molecule has 1 aliphatic rings. The van der Waals surface area contributed by atoms with Gasteiger partial charge in [-0.15, -0.1) is 0 Å². The first-order valence-corrected chi connectivity index (χ1v) is 3.33. The Morgan fingerprint density at radius 2 is 2.09 bits per heavy atom. The van der Waals surface area contributed by atoms with Gasteiger partial charge < -0.3 is 4.90 Å². The number of halogens is 3. The molecule has 0 unspecified atom stereocenters. The summed E-state index contributed by atoms with van der Waals surface area (Å²) in [5.41, 5.74) is 0. The number of carbonyl (C=O) groups is 1. The van der Waals surface area contributed by atoms with Gasteiger partial charge >= 0.3 is 6.18 Å². The highest BCUT2D eigenvalue weighted by Gasteiger charge is 2.34. The Kier molecular flexibility index (Phi) is 2.06. The summed E-state index contributed by atoms with van der Waals surface area (Å²) in [5.74, 6) is -0.387. The summed E-state index contributed by atoms with van der Waals surface area (Å²) < 4.78 is 35.1. The standard InChI is InChI=1S/C6H8F3NO/c7-6(8,9)4-10-3-1-2-5(10)11/h1-4H2. The molecule has 64 valence electrons. The molecule has 0 N–H and O–H groups in total. The Hall–Kier alpha value is -0.740. The molecule has 0 spiro atoms. The lowest BCUT2D eigenvalue weighted by Gasteiger charge is -2.16. The summed E-state index contributed by atoms with van der Waals surface area (Å²) in [7, 11) is 0. The van der Waals surface area contributed by atoms with E-state index in [0.717, 1.165) is 4.90 Å². The van der Waals surface area contributed by atoms with Gasteiger partial charge in [-0.3, -0.25) is 4.79 Å². The number of alkyl halides is 3. The van der Waals surface area contributed by atoms with Crippen LogP contribution in [-0.4, -0.2) is 30.1 Å². The maximum Gasteiger partial charge on any atom is 0.406 e. The molecule has 1 saturated heterocycles. The molecule has 0 saturated carbocycles. The topological polar surface area (TPSA) is 20.3 Å². The predicted molar refractivity (Wildman–Crippen MR) is 31.9 cm³/mol. The van der Waals surface area contributed by atoms with Gasteiger partial charge in [-0.05, 0) is 6.42 Å². The average molecular weight is 167 g/mol. The van der Waals surface area contributed by atoms with Crippen molar-refractivity contribution in [3.8, 4) is 0 Å². The van der Waals surface area contributed by atoms with Crippen LogP contribution in [-0.2, 0) is 4.79 Å². The van der Waals surface area contributed by atoms with Crippen molar-refractivity contribution in [1.29, 1.82) is 0 Å². The molecule has 0 aliphatic carbocycles. The Labute approximate surface area is 62.0 Å². The third-order valence-electron chi connectivity index (χ3n) is 1.54. The maximum absolute atomic E-state index is 11.7. The second-order valence-electron chi connectivity index (χ2n) is 2.53. The quantitative estimate of drug-likeness (QED) is 0.574. The van der Waals surface area contributed by atoms with Crippen LogP contribution in [0.2, 0.25) is 0 Å². The van der Waals surface area contributed by atoms with E-state index in [1.807, 2.05) is 0 Å². The van der Waals surface area contributed by atoms with E-state index < -0.39 is 12.7 Å². The highest BCUT2D eigenvalue weighted by Crippen LogP contribution is 2.20. The van der Waals surface area contributed by atoms with Gasteiger partial charge in [0.25, 0.3) is 0 Å². The molecule has 1 rings (SSSR count). The fourth-order valence-corrected chi connectivity index (χ4v) is 1.09. The highest BCUT2D eigenvalue weighted by molar-refractivity contribution is 5.78. The molecule has 0 aromatic carbocycles. The van der Waals surface area contributed by atoms with Crippen LogP contribution in [0.25, 0.3) is 0 Å². The van der Waals surface area contributed by atoms with E-state index in [2.05, 4.69) is 0 Å². The molecular weight excluding hydrogens is 159 g/mol. The smallest absolute Gasteiger partial charge is 0.334 e. The monoisotopic (exact) mass is 167 g/mol. The predicted octanol–water partition coefficient (Wildman–Crippen LogP) is 1.17. The van der Waals surface area contributed by atoms with Crippen LogP contribution in [0.5, 0.6) is 0 Å². The molecular formula is C6H8F3NO. The lowest BCUT2D eigenvalue weighted by molar-refractivity contribution is -0.157. The molecule has 2 nitrogen and oxygen atoms in total. The molecule has 0 radical (unpaired) electrons. The SMILES string of the molecule is O=C1CCCN1CC(F)(F)F. The van der Waals surface area contributed by atoms with Crippen molar-refractivity contribution in [2.24, 2.45) is 0 Å². The Morgan fingerprint density at radius 1 is 1.45 bits per heavy atom. The zero-order valence-corrected chi connectivity index (χ0v) is 5.82. The molecule has 1 amide bonds. The van der Waals surface area contributed by atoms with Crippen molar-refractivity contribution in [2.45, 2.75) is 19.0 Å². The van der Waals surface area contributed by atoms with E-state index in [4.69, 9.17) is 0 Å². The van der Waals surface area contributed by atoms with Gasteiger partial charge in [0.1, 0.15) is 6.54 Å². The van der Waals surface area contributed by atoms with Crippen molar-refractivity contribution in [1.82, 2.24) is 4.90 Å². The summed E-state index contributed by atoms with van der Waals surface area (Å²) in [5, 5.41) is 0. The summed E-state index contributed by atoms with van der Waals surface area (Å²) in [6.45, 7) is -0.843. The van der Waals surface area contributed by atoms with Crippen molar-refractivity contribution in [3.63, 3.8) is 0 Å². The van der Waals surface area contributed by atoms with Crippen molar-refractivity contribution >= 4 is 5.91 Å². The number of likely N-dealkylation sites (tertiary alicyclic amines) is 1. The summed E-state index contributed by atoms with van der Waals surface area (Å²) in [6.07, 6.45) is -3.44. The summed E-state index contributed by atoms with van der Waals surface area (Å²) in [6, 6.07) is 0. The van der Waals surface area contributed by atoms with Crippen molar-refractivity contribution in [3.05, 3.63) is 0 Å². The normalized spacial score (nSPS) is 19.5. The second kappa shape index (κ2) is 2.71. The number of amides is 1. The van der Waals surface area contributed by atoms with Gasteiger partial charge in [-0.2, -0.15) is 13.2 Å².